The fourth-order valence-corrected chi connectivity index (χ4v) is 4.32. The number of hydrogen-bond acceptors (Lipinski definition) is 3. The van der Waals surface area contributed by atoms with Crippen molar-refractivity contribution in [2.45, 2.75) is 33.8 Å². The molecule has 0 saturated heterocycles. The minimum Gasteiger partial charge on any atom is -0.387 e. The summed E-state index contributed by atoms with van der Waals surface area (Å²) in [5.74, 6) is -0.140. The zero-order valence-electron chi connectivity index (χ0n) is 16.8. The van der Waals surface area contributed by atoms with Crippen LogP contribution in [0, 0.1) is 33.6 Å². The van der Waals surface area contributed by atoms with Crippen LogP contribution < -0.4 is 0 Å². The topological polar surface area (TPSA) is 34.0 Å². The van der Waals surface area contributed by atoms with E-state index in [-0.39, 0.29) is 12.0 Å². The standard InChI is InChI=1S/C24H22Cl2N2O/c1-13-9-11-17(12-10-13)27-18-7-5-6-8-19-21(18)24(28-29-19)20-14(2)22(25)16(4)23(26)15(20)3/h5-12,19,21H,1-4H3/t19-,21+/m0/s1. The molecular formula is C24H22Cl2N2O. The minimum atomic E-state index is -0.221. The Morgan fingerprint density at radius 3 is 2.21 bits per heavy atom. The van der Waals surface area contributed by atoms with Gasteiger partial charge in [0.2, 0.25) is 0 Å². The van der Waals surface area contributed by atoms with E-state index in [0.29, 0.717) is 10.0 Å². The van der Waals surface area contributed by atoms with E-state index in [0.717, 1.165) is 39.4 Å². The number of benzene rings is 2. The lowest BCUT2D eigenvalue weighted by Gasteiger charge is -2.20. The maximum atomic E-state index is 6.59. The summed E-state index contributed by atoms with van der Waals surface area (Å²) in [6.07, 6.45) is 7.77. The van der Waals surface area contributed by atoms with E-state index in [1.165, 1.54) is 5.56 Å². The third kappa shape index (κ3) is 3.54. The van der Waals surface area contributed by atoms with Gasteiger partial charge >= 0.3 is 0 Å². The van der Waals surface area contributed by atoms with E-state index in [2.05, 4.69) is 24.2 Å². The van der Waals surface area contributed by atoms with Gasteiger partial charge in [-0.25, -0.2) is 0 Å². The van der Waals surface area contributed by atoms with Crippen molar-refractivity contribution in [1.82, 2.24) is 0 Å². The number of halogens is 2. The van der Waals surface area contributed by atoms with Gasteiger partial charge in [-0.1, -0.05) is 58.2 Å². The van der Waals surface area contributed by atoms with Crippen LogP contribution in [0.25, 0.3) is 0 Å². The molecule has 2 aromatic carbocycles. The van der Waals surface area contributed by atoms with Crippen LogP contribution in [0.3, 0.4) is 0 Å². The van der Waals surface area contributed by atoms with E-state index in [4.69, 9.17) is 33.0 Å². The van der Waals surface area contributed by atoms with Crippen molar-refractivity contribution in [2.24, 2.45) is 16.1 Å². The van der Waals surface area contributed by atoms with Crippen LogP contribution in [0.1, 0.15) is 27.8 Å². The van der Waals surface area contributed by atoms with Gasteiger partial charge in [0.15, 0.2) is 6.10 Å². The van der Waals surface area contributed by atoms with Gasteiger partial charge < -0.3 is 4.84 Å². The highest BCUT2D eigenvalue weighted by Crippen LogP contribution is 2.38. The molecule has 5 heteroatoms. The van der Waals surface area contributed by atoms with Crippen molar-refractivity contribution in [3.63, 3.8) is 0 Å². The first-order valence-electron chi connectivity index (χ1n) is 9.57. The lowest BCUT2D eigenvalue weighted by molar-refractivity contribution is 0.110. The second-order valence-electron chi connectivity index (χ2n) is 7.52. The van der Waals surface area contributed by atoms with Gasteiger partial charge in [-0.3, -0.25) is 4.99 Å². The van der Waals surface area contributed by atoms with Gasteiger partial charge in [-0.15, -0.1) is 0 Å². The molecule has 0 amide bonds. The highest BCUT2D eigenvalue weighted by molar-refractivity contribution is 6.38. The van der Waals surface area contributed by atoms with Crippen molar-refractivity contribution in [3.8, 4) is 0 Å². The molecule has 3 nitrogen and oxygen atoms in total. The molecule has 0 N–H and O–H groups in total. The Morgan fingerprint density at radius 1 is 0.897 bits per heavy atom. The molecule has 0 unspecified atom stereocenters. The van der Waals surface area contributed by atoms with E-state index in [9.17, 15) is 0 Å². The Morgan fingerprint density at radius 2 is 1.55 bits per heavy atom. The fraction of sp³-hybridized carbons (Fsp3) is 0.250. The van der Waals surface area contributed by atoms with Gasteiger partial charge in [0.1, 0.15) is 5.71 Å². The molecule has 0 bridgehead atoms. The summed E-state index contributed by atoms with van der Waals surface area (Å²) in [4.78, 5) is 10.7. The Labute approximate surface area is 181 Å². The Kier molecular flexibility index (Phi) is 5.37. The van der Waals surface area contributed by atoms with E-state index >= 15 is 0 Å². The molecule has 29 heavy (non-hydrogen) atoms. The van der Waals surface area contributed by atoms with Crippen molar-refractivity contribution in [3.05, 3.63) is 86.4 Å². The molecule has 1 aliphatic carbocycles. The van der Waals surface area contributed by atoms with E-state index in [1.807, 2.05) is 57.2 Å². The zero-order valence-corrected chi connectivity index (χ0v) is 18.3. The molecule has 0 saturated carbocycles. The SMILES string of the molecule is Cc1ccc(N=C2C=CC=C[C@@H]3ON=C(c4c(C)c(Cl)c(C)c(Cl)c4C)[C@H]23)cc1. The third-order valence-corrected chi connectivity index (χ3v) is 6.64. The molecule has 2 aromatic rings. The first kappa shape index (κ1) is 19.9. The smallest absolute Gasteiger partial charge is 0.160 e. The summed E-state index contributed by atoms with van der Waals surface area (Å²) < 4.78 is 0. The maximum Gasteiger partial charge on any atom is 0.160 e. The van der Waals surface area contributed by atoms with E-state index in [1.54, 1.807) is 0 Å². The maximum absolute atomic E-state index is 6.59. The zero-order chi connectivity index (χ0) is 20.7. The minimum absolute atomic E-state index is 0.140. The molecule has 1 heterocycles. The number of allylic oxidation sites excluding steroid dienone is 3. The monoisotopic (exact) mass is 424 g/mol. The normalized spacial score (nSPS) is 21.7. The predicted octanol–water partition coefficient (Wildman–Crippen LogP) is 6.84. The second-order valence-corrected chi connectivity index (χ2v) is 8.27. The summed E-state index contributed by atoms with van der Waals surface area (Å²) in [5.41, 5.74) is 7.56. The number of fused-ring (bicyclic) bond motifs is 1. The van der Waals surface area contributed by atoms with Crippen LogP contribution in [-0.4, -0.2) is 17.5 Å². The molecule has 1 aliphatic heterocycles. The molecule has 0 spiro atoms. The van der Waals surface area contributed by atoms with Crippen molar-refractivity contribution >= 4 is 40.3 Å². The Bertz CT molecular complexity index is 1070. The van der Waals surface area contributed by atoms with Crippen molar-refractivity contribution < 1.29 is 4.84 Å². The van der Waals surface area contributed by atoms with Crippen molar-refractivity contribution in [2.75, 3.05) is 0 Å². The molecule has 148 valence electrons. The summed E-state index contributed by atoms with van der Waals surface area (Å²) in [6.45, 7) is 8.01. The van der Waals surface area contributed by atoms with Crippen LogP contribution >= 0.6 is 23.2 Å². The number of rotatable bonds is 2. The summed E-state index contributed by atoms with van der Waals surface area (Å²) in [7, 11) is 0. The third-order valence-electron chi connectivity index (χ3n) is 5.51. The molecule has 0 fully saturated rings. The van der Waals surface area contributed by atoms with Crippen molar-refractivity contribution in [1.29, 1.82) is 0 Å². The first-order chi connectivity index (χ1) is 13.9. The lowest BCUT2D eigenvalue weighted by Crippen LogP contribution is -2.30. The highest BCUT2D eigenvalue weighted by Gasteiger charge is 2.39. The Hall–Kier alpha value is -2.36. The molecule has 4 rings (SSSR count). The number of nitrogens with zero attached hydrogens (tertiary/aromatic N) is 2. The summed E-state index contributed by atoms with van der Waals surface area (Å²) in [6, 6.07) is 8.16. The quantitative estimate of drug-likeness (QED) is 0.518. The lowest BCUT2D eigenvalue weighted by atomic mass is 9.84. The number of aryl methyl sites for hydroxylation is 1. The number of hydrogen-bond donors (Lipinski definition) is 0. The summed E-state index contributed by atoms with van der Waals surface area (Å²) >= 11 is 13.2. The van der Waals surface area contributed by atoms with Crippen LogP contribution in [0.5, 0.6) is 0 Å². The molecule has 0 aromatic heterocycles. The molecule has 2 atom stereocenters. The van der Waals surface area contributed by atoms with Gasteiger partial charge in [0.25, 0.3) is 0 Å². The van der Waals surface area contributed by atoms with Crippen LogP contribution in [0.4, 0.5) is 5.69 Å². The number of oxime groups is 1. The average molecular weight is 425 g/mol. The summed E-state index contributed by atoms with van der Waals surface area (Å²) in [5, 5.41) is 5.80. The average Bonchev–Trinajstić information content (AvgIpc) is 3.02. The van der Waals surface area contributed by atoms with Crippen LogP contribution in [-0.2, 0) is 4.84 Å². The van der Waals surface area contributed by atoms with Gasteiger partial charge in [0.05, 0.1) is 17.3 Å². The van der Waals surface area contributed by atoms with Gasteiger partial charge in [-0.05, 0) is 68.7 Å². The van der Waals surface area contributed by atoms with Gasteiger partial charge in [-0.2, -0.15) is 0 Å². The van der Waals surface area contributed by atoms with E-state index < -0.39 is 0 Å². The fourth-order valence-electron chi connectivity index (χ4n) is 3.90. The predicted molar refractivity (Wildman–Crippen MR) is 122 cm³/mol. The molecule has 2 aliphatic rings. The highest BCUT2D eigenvalue weighted by atomic mass is 35.5. The Balaban J connectivity index is 1.86. The van der Waals surface area contributed by atoms with Crippen LogP contribution in [0.15, 0.2) is 58.7 Å². The van der Waals surface area contributed by atoms with Gasteiger partial charge in [0, 0.05) is 15.6 Å². The second kappa shape index (κ2) is 7.81. The molecule has 0 radical (unpaired) electrons. The number of aliphatic imine (C=N–C) groups is 1. The molecular weight excluding hydrogens is 403 g/mol. The van der Waals surface area contributed by atoms with Crippen LogP contribution in [0.2, 0.25) is 10.0 Å². The largest absolute Gasteiger partial charge is 0.387 e. The first-order valence-corrected chi connectivity index (χ1v) is 10.3.